The molecule has 0 aliphatic heterocycles. The maximum absolute atomic E-state index is 6.06. The first kappa shape index (κ1) is 12.2. The molecule has 0 heterocycles. The third-order valence-electron chi connectivity index (χ3n) is 2.64. The first-order valence-electron chi connectivity index (χ1n) is 5.46. The number of hydrogen-bond acceptors (Lipinski definition) is 2. The molecule has 1 aromatic rings. The van der Waals surface area contributed by atoms with Crippen molar-refractivity contribution in [2.75, 3.05) is 7.05 Å². The fourth-order valence-electron chi connectivity index (χ4n) is 1.87. The van der Waals surface area contributed by atoms with Gasteiger partial charge in [-0.2, -0.15) is 0 Å². The largest absolute Gasteiger partial charge is 0.325 e. The van der Waals surface area contributed by atoms with Crippen LogP contribution in [0.1, 0.15) is 37.4 Å². The third kappa shape index (κ3) is 3.65. The molecule has 1 atom stereocenters. The van der Waals surface area contributed by atoms with E-state index in [2.05, 4.69) is 50.4 Å². The highest BCUT2D eigenvalue weighted by Gasteiger charge is 2.19. The molecule has 1 unspecified atom stereocenters. The molecule has 0 aliphatic carbocycles. The van der Waals surface area contributed by atoms with E-state index in [1.54, 1.807) is 0 Å². The maximum atomic E-state index is 6.06. The van der Waals surface area contributed by atoms with Crippen LogP contribution in [-0.2, 0) is 0 Å². The summed E-state index contributed by atoms with van der Waals surface area (Å²) < 4.78 is 0. The van der Waals surface area contributed by atoms with Gasteiger partial charge < -0.3 is 11.1 Å². The average molecular weight is 206 g/mol. The van der Waals surface area contributed by atoms with Crippen molar-refractivity contribution in [1.29, 1.82) is 0 Å². The lowest BCUT2D eigenvalue weighted by molar-refractivity contribution is 0.395. The Kier molecular flexibility index (Phi) is 3.89. The zero-order valence-electron chi connectivity index (χ0n) is 10.2. The molecule has 0 bridgehead atoms. The lowest BCUT2D eigenvalue weighted by Crippen LogP contribution is -2.37. The van der Waals surface area contributed by atoms with Crippen molar-refractivity contribution < 1.29 is 0 Å². The van der Waals surface area contributed by atoms with E-state index in [1.807, 2.05) is 7.05 Å². The Balaban J connectivity index is 2.88. The summed E-state index contributed by atoms with van der Waals surface area (Å²) in [6, 6.07) is 8.80. The summed E-state index contributed by atoms with van der Waals surface area (Å²) in [5.41, 5.74) is 8.58. The first-order chi connectivity index (χ1) is 6.94. The van der Waals surface area contributed by atoms with E-state index in [9.17, 15) is 0 Å². The lowest BCUT2D eigenvalue weighted by Gasteiger charge is -2.27. The molecule has 0 saturated heterocycles. The van der Waals surface area contributed by atoms with Crippen molar-refractivity contribution in [2.24, 2.45) is 5.73 Å². The quantitative estimate of drug-likeness (QED) is 0.794. The molecule has 0 radical (unpaired) electrons. The van der Waals surface area contributed by atoms with Crippen LogP contribution in [0.5, 0.6) is 0 Å². The number of hydrogen-bond donors (Lipinski definition) is 2. The highest BCUT2D eigenvalue weighted by molar-refractivity contribution is 5.29. The molecule has 2 nitrogen and oxygen atoms in total. The van der Waals surface area contributed by atoms with Crippen LogP contribution < -0.4 is 11.1 Å². The Bertz CT molecular complexity index is 313. The standard InChI is InChI=1S/C13H22N2/c1-10-7-5-6-8-11(10)12(15-4)9-13(2,3)14/h5-8,12,15H,9,14H2,1-4H3. The second-order valence-corrected chi connectivity index (χ2v) is 4.89. The summed E-state index contributed by atoms with van der Waals surface area (Å²) in [4.78, 5) is 0. The van der Waals surface area contributed by atoms with Gasteiger partial charge >= 0.3 is 0 Å². The molecular weight excluding hydrogens is 184 g/mol. The third-order valence-corrected chi connectivity index (χ3v) is 2.64. The molecular formula is C13H22N2. The van der Waals surface area contributed by atoms with Gasteiger partial charge in [0.15, 0.2) is 0 Å². The number of rotatable bonds is 4. The molecule has 1 rings (SSSR count). The lowest BCUT2D eigenvalue weighted by atomic mass is 9.90. The Hall–Kier alpha value is -0.860. The Morgan fingerprint density at radius 3 is 2.40 bits per heavy atom. The summed E-state index contributed by atoms with van der Waals surface area (Å²) >= 11 is 0. The van der Waals surface area contributed by atoms with Crippen LogP contribution in [0.25, 0.3) is 0 Å². The summed E-state index contributed by atoms with van der Waals surface area (Å²) in [6.07, 6.45) is 0.939. The van der Waals surface area contributed by atoms with E-state index in [-0.39, 0.29) is 5.54 Å². The smallest absolute Gasteiger partial charge is 0.0337 e. The van der Waals surface area contributed by atoms with Gasteiger partial charge in [0, 0.05) is 11.6 Å². The Morgan fingerprint density at radius 2 is 1.93 bits per heavy atom. The second-order valence-electron chi connectivity index (χ2n) is 4.89. The molecule has 0 aliphatic rings. The van der Waals surface area contributed by atoms with Gasteiger partial charge in [-0.3, -0.25) is 0 Å². The van der Waals surface area contributed by atoms with Gasteiger partial charge in [-0.25, -0.2) is 0 Å². The molecule has 15 heavy (non-hydrogen) atoms. The van der Waals surface area contributed by atoms with Crippen LogP contribution in [0.3, 0.4) is 0 Å². The van der Waals surface area contributed by atoms with E-state index in [1.165, 1.54) is 11.1 Å². The molecule has 0 spiro atoms. The van der Waals surface area contributed by atoms with E-state index in [0.29, 0.717) is 6.04 Å². The highest BCUT2D eigenvalue weighted by atomic mass is 14.9. The van der Waals surface area contributed by atoms with Crippen molar-refractivity contribution in [2.45, 2.75) is 38.8 Å². The van der Waals surface area contributed by atoms with Gasteiger partial charge in [-0.1, -0.05) is 24.3 Å². The molecule has 0 saturated carbocycles. The second kappa shape index (κ2) is 4.77. The van der Waals surface area contributed by atoms with Crippen LogP contribution in [0.4, 0.5) is 0 Å². The van der Waals surface area contributed by atoms with Crippen molar-refractivity contribution in [3.63, 3.8) is 0 Å². The number of aryl methyl sites for hydroxylation is 1. The SMILES string of the molecule is CNC(CC(C)(C)N)c1ccccc1C. The fourth-order valence-corrected chi connectivity index (χ4v) is 1.87. The molecule has 0 amide bonds. The molecule has 0 fully saturated rings. The van der Waals surface area contributed by atoms with Gasteiger partial charge in [0.2, 0.25) is 0 Å². The summed E-state index contributed by atoms with van der Waals surface area (Å²) in [7, 11) is 1.99. The van der Waals surface area contributed by atoms with Crippen LogP contribution in [-0.4, -0.2) is 12.6 Å². The average Bonchev–Trinajstić information content (AvgIpc) is 2.14. The van der Waals surface area contributed by atoms with E-state index >= 15 is 0 Å². The minimum Gasteiger partial charge on any atom is -0.325 e. The predicted octanol–water partition coefficient (Wildman–Crippen LogP) is 2.38. The van der Waals surface area contributed by atoms with Gasteiger partial charge in [0.05, 0.1) is 0 Å². The number of nitrogens with one attached hydrogen (secondary N) is 1. The zero-order valence-corrected chi connectivity index (χ0v) is 10.2. The monoisotopic (exact) mass is 206 g/mol. The minimum atomic E-state index is -0.143. The molecule has 1 aromatic carbocycles. The predicted molar refractivity (Wildman–Crippen MR) is 65.9 cm³/mol. The summed E-state index contributed by atoms with van der Waals surface area (Å²) in [5, 5.41) is 3.34. The summed E-state index contributed by atoms with van der Waals surface area (Å²) in [5.74, 6) is 0. The van der Waals surface area contributed by atoms with Gasteiger partial charge in [0.1, 0.15) is 0 Å². The van der Waals surface area contributed by atoms with Crippen LogP contribution in [0, 0.1) is 6.92 Å². The molecule has 2 heteroatoms. The first-order valence-corrected chi connectivity index (χ1v) is 5.46. The Morgan fingerprint density at radius 1 is 1.33 bits per heavy atom. The van der Waals surface area contributed by atoms with Crippen molar-refractivity contribution in [3.8, 4) is 0 Å². The van der Waals surface area contributed by atoms with E-state index in [4.69, 9.17) is 5.73 Å². The van der Waals surface area contributed by atoms with Crippen molar-refractivity contribution >= 4 is 0 Å². The van der Waals surface area contributed by atoms with Crippen molar-refractivity contribution in [3.05, 3.63) is 35.4 Å². The molecule has 3 N–H and O–H groups in total. The highest BCUT2D eigenvalue weighted by Crippen LogP contribution is 2.24. The number of benzene rings is 1. The fraction of sp³-hybridized carbons (Fsp3) is 0.538. The van der Waals surface area contributed by atoms with E-state index < -0.39 is 0 Å². The maximum Gasteiger partial charge on any atom is 0.0337 e. The van der Waals surface area contributed by atoms with Gasteiger partial charge in [0.25, 0.3) is 0 Å². The van der Waals surface area contributed by atoms with Crippen LogP contribution in [0.15, 0.2) is 24.3 Å². The molecule has 0 aromatic heterocycles. The number of nitrogens with two attached hydrogens (primary N) is 1. The van der Waals surface area contributed by atoms with Crippen LogP contribution in [0.2, 0.25) is 0 Å². The van der Waals surface area contributed by atoms with Gasteiger partial charge in [-0.05, 0) is 45.4 Å². The minimum absolute atomic E-state index is 0.143. The summed E-state index contributed by atoms with van der Waals surface area (Å²) in [6.45, 7) is 6.27. The molecule has 84 valence electrons. The Labute approximate surface area is 92.9 Å². The topological polar surface area (TPSA) is 38.0 Å². The van der Waals surface area contributed by atoms with E-state index in [0.717, 1.165) is 6.42 Å². The van der Waals surface area contributed by atoms with Crippen LogP contribution >= 0.6 is 0 Å². The van der Waals surface area contributed by atoms with Crippen molar-refractivity contribution in [1.82, 2.24) is 5.32 Å². The van der Waals surface area contributed by atoms with Gasteiger partial charge in [-0.15, -0.1) is 0 Å². The zero-order chi connectivity index (χ0) is 11.5. The normalized spacial score (nSPS) is 13.9.